The first kappa shape index (κ1) is 15.2. The van der Waals surface area contributed by atoms with Crippen molar-refractivity contribution < 1.29 is 13.3 Å². The van der Waals surface area contributed by atoms with E-state index < -0.39 is 14.8 Å². The van der Waals surface area contributed by atoms with Crippen molar-refractivity contribution in [1.82, 2.24) is 4.98 Å². The Morgan fingerprint density at radius 1 is 1.29 bits per heavy atom. The summed E-state index contributed by atoms with van der Waals surface area (Å²) in [6, 6.07) is 4.64. The number of nitro groups is 1. The van der Waals surface area contributed by atoms with E-state index in [0.717, 1.165) is 0 Å². The van der Waals surface area contributed by atoms with Gasteiger partial charge in [-0.3, -0.25) is 15.1 Å². The normalized spacial score (nSPS) is 11.5. The third kappa shape index (κ3) is 3.88. The van der Waals surface area contributed by atoms with Gasteiger partial charge in [0.25, 0.3) is 5.69 Å². The number of rotatable bonds is 6. The number of nitro benzene ring substituents is 1. The minimum absolute atomic E-state index is 0.0223. The van der Waals surface area contributed by atoms with Crippen molar-refractivity contribution >= 4 is 32.0 Å². The highest BCUT2D eigenvalue weighted by Gasteiger charge is 2.14. The Morgan fingerprint density at radius 2 is 2.05 bits per heavy atom. The van der Waals surface area contributed by atoms with Crippen LogP contribution in [0.4, 0.5) is 11.4 Å². The summed E-state index contributed by atoms with van der Waals surface area (Å²) in [7, 11) is -2.98. The molecule has 0 aliphatic rings. The van der Waals surface area contributed by atoms with Gasteiger partial charge in [0.15, 0.2) is 0 Å². The maximum atomic E-state index is 11.1. The van der Waals surface area contributed by atoms with Gasteiger partial charge in [-0.05, 0) is 18.6 Å². The molecule has 1 aromatic heterocycles. The Balaban J connectivity index is 2.22. The molecule has 0 unspecified atom stereocenters. The lowest BCUT2D eigenvalue weighted by molar-refractivity contribution is -0.383. The monoisotopic (exact) mass is 309 g/mol. The van der Waals surface area contributed by atoms with E-state index in [1.54, 1.807) is 18.3 Å². The predicted molar refractivity (Wildman–Crippen MR) is 81.2 cm³/mol. The van der Waals surface area contributed by atoms with Gasteiger partial charge in [-0.2, -0.15) is 0 Å². The van der Waals surface area contributed by atoms with Gasteiger partial charge >= 0.3 is 0 Å². The summed E-state index contributed by atoms with van der Waals surface area (Å²) in [5.41, 5.74) is 0.728. The molecule has 0 fully saturated rings. The molecule has 0 spiro atoms. The summed E-state index contributed by atoms with van der Waals surface area (Å²) < 4.78 is 22.1. The number of hydrogen-bond acceptors (Lipinski definition) is 6. The van der Waals surface area contributed by atoms with Crippen LogP contribution < -0.4 is 5.32 Å². The second kappa shape index (κ2) is 6.04. The van der Waals surface area contributed by atoms with Gasteiger partial charge in [0, 0.05) is 42.3 Å². The summed E-state index contributed by atoms with van der Waals surface area (Å²) in [5, 5.41) is 15.2. The molecule has 7 nitrogen and oxygen atoms in total. The number of nitrogens with zero attached hydrogens (tertiary/aromatic N) is 2. The van der Waals surface area contributed by atoms with Gasteiger partial charge in [0.1, 0.15) is 9.84 Å². The fourth-order valence-electron chi connectivity index (χ4n) is 2.05. The molecular weight excluding hydrogens is 294 g/mol. The van der Waals surface area contributed by atoms with E-state index in [1.165, 1.54) is 18.5 Å². The summed E-state index contributed by atoms with van der Waals surface area (Å²) in [6.07, 6.45) is 4.72. The van der Waals surface area contributed by atoms with Crippen molar-refractivity contribution in [3.63, 3.8) is 0 Å². The first-order chi connectivity index (χ1) is 9.88. The average Bonchev–Trinajstić information content (AvgIpc) is 2.42. The van der Waals surface area contributed by atoms with Crippen LogP contribution in [0.2, 0.25) is 0 Å². The molecule has 0 bridgehead atoms. The molecule has 0 atom stereocenters. The maximum Gasteiger partial charge on any atom is 0.277 e. The van der Waals surface area contributed by atoms with Gasteiger partial charge in [0.05, 0.1) is 16.1 Å². The number of sulfone groups is 1. The van der Waals surface area contributed by atoms with Gasteiger partial charge in [0.2, 0.25) is 0 Å². The van der Waals surface area contributed by atoms with Crippen LogP contribution in [0, 0.1) is 10.1 Å². The lowest BCUT2D eigenvalue weighted by atomic mass is 10.1. The maximum absolute atomic E-state index is 11.1. The number of pyridine rings is 1. The standard InChI is InChI=1S/C13H15N3O4S/c1-21(19,20)8-2-6-15-12-3-4-13(16(17)18)10-5-7-14-9-11(10)12/h3-5,7,9,15H,2,6,8H2,1H3. The van der Waals surface area contributed by atoms with Crippen molar-refractivity contribution in [3.05, 3.63) is 40.7 Å². The quantitative estimate of drug-likeness (QED) is 0.497. The van der Waals surface area contributed by atoms with Crippen molar-refractivity contribution in [2.24, 2.45) is 0 Å². The van der Waals surface area contributed by atoms with Crippen LogP contribution in [-0.4, -0.2) is 36.9 Å². The first-order valence-corrected chi connectivity index (χ1v) is 8.37. The molecule has 0 amide bonds. The second-order valence-electron chi connectivity index (χ2n) is 4.72. The zero-order chi connectivity index (χ0) is 15.5. The fraction of sp³-hybridized carbons (Fsp3) is 0.308. The number of hydrogen-bond donors (Lipinski definition) is 1. The molecule has 0 saturated carbocycles. The Morgan fingerprint density at radius 3 is 2.71 bits per heavy atom. The predicted octanol–water partition coefficient (Wildman–Crippen LogP) is 1.99. The van der Waals surface area contributed by atoms with Crippen LogP contribution >= 0.6 is 0 Å². The smallest absolute Gasteiger partial charge is 0.277 e. The largest absolute Gasteiger partial charge is 0.384 e. The molecule has 8 heteroatoms. The zero-order valence-electron chi connectivity index (χ0n) is 11.4. The molecule has 0 saturated heterocycles. The Labute approximate surface area is 122 Å². The molecule has 1 N–H and O–H groups in total. The number of non-ortho nitro benzene ring substituents is 1. The van der Waals surface area contributed by atoms with Gasteiger partial charge in [-0.1, -0.05) is 0 Å². The molecule has 2 aromatic rings. The van der Waals surface area contributed by atoms with E-state index in [9.17, 15) is 18.5 Å². The van der Waals surface area contributed by atoms with Crippen LogP contribution in [0.25, 0.3) is 10.8 Å². The summed E-state index contributed by atoms with van der Waals surface area (Å²) in [4.78, 5) is 14.5. The molecule has 0 aliphatic carbocycles. The molecule has 2 rings (SSSR count). The van der Waals surface area contributed by atoms with E-state index in [-0.39, 0.29) is 11.4 Å². The summed E-state index contributed by atoms with van der Waals surface area (Å²) in [5.74, 6) is 0.100. The zero-order valence-corrected chi connectivity index (χ0v) is 12.3. The summed E-state index contributed by atoms with van der Waals surface area (Å²) >= 11 is 0. The number of benzene rings is 1. The Hall–Kier alpha value is -2.22. The molecule has 0 radical (unpaired) electrons. The van der Waals surface area contributed by atoms with E-state index in [4.69, 9.17) is 0 Å². The third-order valence-electron chi connectivity index (χ3n) is 3.00. The second-order valence-corrected chi connectivity index (χ2v) is 6.98. The highest BCUT2D eigenvalue weighted by molar-refractivity contribution is 7.90. The highest BCUT2D eigenvalue weighted by Crippen LogP contribution is 2.30. The van der Waals surface area contributed by atoms with E-state index >= 15 is 0 Å². The number of aromatic nitrogens is 1. The van der Waals surface area contributed by atoms with Crippen LogP contribution in [0.1, 0.15) is 6.42 Å². The van der Waals surface area contributed by atoms with Crippen LogP contribution in [0.15, 0.2) is 30.6 Å². The first-order valence-electron chi connectivity index (χ1n) is 6.31. The SMILES string of the molecule is CS(=O)(=O)CCCNc1ccc([N+](=O)[O-])c2ccncc12. The minimum atomic E-state index is -2.98. The molecule has 21 heavy (non-hydrogen) atoms. The molecule has 1 heterocycles. The average molecular weight is 309 g/mol. The summed E-state index contributed by atoms with van der Waals surface area (Å²) in [6.45, 7) is 0.467. The van der Waals surface area contributed by atoms with Gasteiger partial charge < -0.3 is 5.32 Å². The topological polar surface area (TPSA) is 102 Å². The van der Waals surface area contributed by atoms with Crippen LogP contribution in [-0.2, 0) is 9.84 Å². The van der Waals surface area contributed by atoms with Crippen LogP contribution in [0.3, 0.4) is 0 Å². The van der Waals surface area contributed by atoms with E-state index in [1.807, 2.05) is 0 Å². The molecular formula is C13H15N3O4S. The van der Waals surface area contributed by atoms with E-state index in [0.29, 0.717) is 29.4 Å². The Kier molecular flexibility index (Phi) is 4.37. The lowest BCUT2D eigenvalue weighted by Crippen LogP contribution is -2.10. The van der Waals surface area contributed by atoms with Crippen molar-refractivity contribution in [2.45, 2.75) is 6.42 Å². The minimum Gasteiger partial charge on any atom is -0.384 e. The van der Waals surface area contributed by atoms with Crippen molar-refractivity contribution in [2.75, 3.05) is 23.9 Å². The van der Waals surface area contributed by atoms with Gasteiger partial charge in [-0.15, -0.1) is 0 Å². The van der Waals surface area contributed by atoms with Gasteiger partial charge in [-0.25, -0.2) is 8.42 Å². The fourth-order valence-corrected chi connectivity index (χ4v) is 2.71. The number of fused-ring (bicyclic) bond motifs is 1. The lowest BCUT2D eigenvalue weighted by Gasteiger charge is -2.09. The van der Waals surface area contributed by atoms with Crippen molar-refractivity contribution in [1.29, 1.82) is 0 Å². The number of anilines is 1. The molecule has 0 aliphatic heterocycles. The van der Waals surface area contributed by atoms with Crippen LogP contribution in [0.5, 0.6) is 0 Å². The molecule has 112 valence electrons. The third-order valence-corrected chi connectivity index (χ3v) is 4.03. The number of nitrogens with one attached hydrogen (secondary N) is 1. The van der Waals surface area contributed by atoms with Crippen molar-refractivity contribution in [3.8, 4) is 0 Å². The molecule has 1 aromatic carbocycles. The van der Waals surface area contributed by atoms with E-state index in [2.05, 4.69) is 10.3 Å². The Bertz CT molecular complexity index is 774. The highest BCUT2D eigenvalue weighted by atomic mass is 32.2.